The summed E-state index contributed by atoms with van der Waals surface area (Å²) in [5, 5.41) is 9.75. The molecule has 0 spiro atoms. The van der Waals surface area contributed by atoms with Crippen molar-refractivity contribution in [2.24, 2.45) is 0 Å². The first-order valence-corrected chi connectivity index (χ1v) is 11.4. The van der Waals surface area contributed by atoms with Gasteiger partial charge in [-0.15, -0.1) is 0 Å². The second-order valence-corrected chi connectivity index (χ2v) is 8.95. The Balaban J connectivity index is 1.69. The average molecular weight is 473 g/mol. The summed E-state index contributed by atoms with van der Waals surface area (Å²) >= 11 is 6.47. The maximum Gasteiger partial charge on any atom is 0.335 e. The standard InChI is InChI=1S/C27H21ClN2O4/c28-21-9-8-17(27(33)34)11-22(21)30-23-12-19(16-5-2-1-3-6-16)13-24(31)26(23)20(14-25(30)32)18-7-4-10-29-15-18/h1-11,15,19-20H,12-14H2,(H,33,34). The van der Waals surface area contributed by atoms with Gasteiger partial charge in [-0.2, -0.15) is 0 Å². The van der Waals surface area contributed by atoms with E-state index in [4.69, 9.17) is 11.6 Å². The number of hydrogen-bond acceptors (Lipinski definition) is 4. The summed E-state index contributed by atoms with van der Waals surface area (Å²) < 4.78 is 0. The average Bonchev–Trinajstić information content (AvgIpc) is 2.85. The Morgan fingerprint density at radius 1 is 0.971 bits per heavy atom. The van der Waals surface area contributed by atoms with Crippen molar-refractivity contribution in [3.05, 3.63) is 106 Å². The fourth-order valence-electron chi connectivity index (χ4n) is 4.96. The quantitative estimate of drug-likeness (QED) is 0.552. The summed E-state index contributed by atoms with van der Waals surface area (Å²) in [6.45, 7) is 0. The number of Topliss-reactive ketones (excluding diaryl/α,β-unsaturated/α-hetero) is 1. The second-order valence-electron chi connectivity index (χ2n) is 8.54. The smallest absolute Gasteiger partial charge is 0.335 e. The van der Waals surface area contributed by atoms with Gasteiger partial charge in [-0.3, -0.25) is 19.5 Å². The molecule has 2 aromatic carbocycles. The van der Waals surface area contributed by atoms with Crippen LogP contribution in [0.15, 0.2) is 84.3 Å². The van der Waals surface area contributed by atoms with Crippen LogP contribution in [0.4, 0.5) is 5.69 Å². The number of amides is 1. The normalized spacial score (nSPS) is 20.3. The Kier molecular flexibility index (Phi) is 5.75. The Hall–Kier alpha value is -3.77. The van der Waals surface area contributed by atoms with Gasteiger partial charge in [0.15, 0.2) is 5.78 Å². The molecule has 34 heavy (non-hydrogen) atoms. The van der Waals surface area contributed by atoms with Gasteiger partial charge >= 0.3 is 5.97 Å². The Morgan fingerprint density at radius 2 is 1.74 bits per heavy atom. The highest BCUT2D eigenvalue weighted by atomic mass is 35.5. The zero-order valence-electron chi connectivity index (χ0n) is 18.1. The lowest BCUT2D eigenvalue weighted by Gasteiger charge is -2.40. The first kappa shape index (κ1) is 22.0. The monoisotopic (exact) mass is 472 g/mol. The molecule has 7 heteroatoms. The maximum absolute atomic E-state index is 13.6. The highest BCUT2D eigenvalue weighted by Crippen LogP contribution is 2.47. The van der Waals surface area contributed by atoms with Crippen molar-refractivity contribution in [1.82, 2.24) is 4.98 Å². The minimum Gasteiger partial charge on any atom is -0.478 e. The predicted octanol–water partition coefficient (Wildman–Crippen LogP) is 5.35. The fraction of sp³-hybridized carbons (Fsp3) is 0.185. The minimum atomic E-state index is -1.12. The van der Waals surface area contributed by atoms with Crippen LogP contribution >= 0.6 is 11.6 Å². The summed E-state index contributed by atoms with van der Waals surface area (Å²) in [6.07, 6.45) is 4.21. The molecule has 2 unspecified atom stereocenters. The Bertz CT molecular complexity index is 1320. The van der Waals surface area contributed by atoms with Crippen molar-refractivity contribution >= 4 is 34.9 Å². The van der Waals surface area contributed by atoms with Gasteiger partial charge < -0.3 is 5.11 Å². The van der Waals surface area contributed by atoms with Gasteiger partial charge in [0.1, 0.15) is 0 Å². The lowest BCUT2D eigenvalue weighted by atomic mass is 9.73. The zero-order valence-corrected chi connectivity index (χ0v) is 18.9. The number of ketones is 1. The summed E-state index contributed by atoms with van der Waals surface area (Å²) in [7, 11) is 0. The number of carbonyl (C=O) groups is 3. The number of allylic oxidation sites excluding steroid dienone is 2. The first-order valence-electron chi connectivity index (χ1n) is 11.0. The van der Waals surface area contributed by atoms with Crippen LogP contribution in [0, 0.1) is 0 Å². The summed E-state index contributed by atoms with van der Waals surface area (Å²) in [5.74, 6) is -1.88. The number of carbonyl (C=O) groups excluding carboxylic acids is 2. The number of nitrogens with zero attached hydrogens (tertiary/aromatic N) is 2. The molecule has 0 fully saturated rings. The molecule has 170 valence electrons. The van der Waals surface area contributed by atoms with Gasteiger partial charge in [0, 0.05) is 42.4 Å². The number of hydrogen-bond donors (Lipinski definition) is 1. The third kappa shape index (κ3) is 3.90. The van der Waals surface area contributed by atoms with Crippen LogP contribution < -0.4 is 4.90 Å². The molecule has 6 nitrogen and oxygen atoms in total. The van der Waals surface area contributed by atoms with Gasteiger partial charge in [-0.25, -0.2) is 4.79 Å². The fourth-order valence-corrected chi connectivity index (χ4v) is 5.16. The van der Waals surface area contributed by atoms with E-state index in [2.05, 4.69) is 4.98 Å². The maximum atomic E-state index is 13.6. The number of pyridine rings is 1. The van der Waals surface area contributed by atoms with Crippen molar-refractivity contribution < 1.29 is 19.5 Å². The van der Waals surface area contributed by atoms with Crippen molar-refractivity contribution in [2.45, 2.75) is 31.1 Å². The van der Waals surface area contributed by atoms with E-state index in [1.807, 2.05) is 36.4 Å². The van der Waals surface area contributed by atoms with Crippen LogP contribution in [-0.4, -0.2) is 27.8 Å². The van der Waals surface area contributed by atoms with E-state index in [0.29, 0.717) is 24.1 Å². The van der Waals surface area contributed by atoms with Crippen molar-refractivity contribution in [2.75, 3.05) is 4.90 Å². The largest absolute Gasteiger partial charge is 0.478 e. The zero-order chi connectivity index (χ0) is 23.8. The molecule has 2 heterocycles. The Labute approximate surface area is 201 Å². The van der Waals surface area contributed by atoms with Crippen molar-refractivity contribution in [3.8, 4) is 0 Å². The van der Waals surface area contributed by atoms with E-state index in [0.717, 1.165) is 11.1 Å². The van der Waals surface area contributed by atoms with Gasteiger partial charge in [0.05, 0.1) is 16.3 Å². The molecule has 0 bridgehead atoms. The third-order valence-electron chi connectivity index (χ3n) is 6.52. The lowest BCUT2D eigenvalue weighted by Crippen LogP contribution is -2.42. The predicted molar refractivity (Wildman–Crippen MR) is 128 cm³/mol. The molecule has 1 amide bonds. The topological polar surface area (TPSA) is 87.6 Å². The molecule has 1 aliphatic carbocycles. The van der Waals surface area contributed by atoms with Gasteiger partial charge in [0.25, 0.3) is 0 Å². The van der Waals surface area contributed by atoms with E-state index in [-0.39, 0.29) is 40.3 Å². The molecule has 0 radical (unpaired) electrons. The van der Waals surface area contributed by atoms with E-state index < -0.39 is 11.9 Å². The molecule has 2 atom stereocenters. The SMILES string of the molecule is O=C1CC(c2ccccc2)CC2=C1C(c1cccnc1)CC(=O)N2c1cc(C(=O)O)ccc1Cl. The number of carboxylic acids is 1. The number of benzene rings is 2. The van der Waals surface area contributed by atoms with Gasteiger partial charge in [-0.1, -0.05) is 48.0 Å². The minimum absolute atomic E-state index is 0.0190. The molecule has 1 N–H and O–H groups in total. The first-order chi connectivity index (χ1) is 16.4. The molecule has 5 rings (SSSR count). The number of anilines is 1. The van der Waals surface area contributed by atoms with Crippen LogP contribution in [0.2, 0.25) is 5.02 Å². The number of aromatic nitrogens is 1. The third-order valence-corrected chi connectivity index (χ3v) is 6.84. The highest BCUT2D eigenvalue weighted by molar-refractivity contribution is 6.34. The molecule has 0 saturated heterocycles. The molecular formula is C27H21ClN2O4. The van der Waals surface area contributed by atoms with E-state index >= 15 is 0 Å². The Morgan fingerprint density at radius 3 is 2.44 bits per heavy atom. The number of rotatable bonds is 4. The molecule has 2 aliphatic rings. The van der Waals surface area contributed by atoms with E-state index in [1.54, 1.807) is 18.5 Å². The number of halogens is 1. The van der Waals surface area contributed by atoms with Crippen LogP contribution in [0.1, 0.15) is 52.6 Å². The summed E-state index contributed by atoms with van der Waals surface area (Å²) in [4.78, 5) is 44.4. The van der Waals surface area contributed by atoms with E-state index in [1.165, 1.54) is 23.1 Å². The van der Waals surface area contributed by atoms with Crippen molar-refractivity contribution in [1.29, 1.82) is 0 Å². The molecule has 3 aromatic rings. The number of carboxylic acid groups (broad SMARTS) is 1. The van der Waals surface area contributed by atoms with Gasteiger partial charge in [-0.05, 0) is 47.7 Å². The highest BCUT2D eigenvalue weighted by Gasteiger charge is 2.43. The van der Waals surface area contributed by atoms with Crippen molar-refractivity contribution in [3.63, 3.8) is 0 Å². The van der Waals surface area contributed by atoms with Crippen LogP contribution in [0.25, 0.3) is 0 Å². The molecular weight excluding hydrogens is 452 g/mol. The molecule has 0 saturated carbocycles. The molecule has 1 aliphatic heterocycles. The summed E-state index contributed by atoms with van der Waals surface area (Å²) in [6, 6.07) is 17.7. The number of aromatic carboxylic acids is 1. The van der Waals surface area contributed by atoms with Crippen LogP contribution in [0.3, 0.4) is 0 Å². The van der Waals surface area contributed by atoms with Crippen LogP contribution in [0.5, 0.6) is 0 Å². The molecule has 1 aromatic heterocycles. The van der Waals surface area contributed by atoms with Crippen LogP contribution in [-0.2, 0) is 9.59 Å². The van der Waals surface area contributed by atoms with Gasteiger partial charge in [0.2, 0.25) is 5.91 Å². The lowest BCUT2D eigenvalue weighted by molar-refractivity contribution is -0.120. The second kappa shape index (κ2) is 8.88. The van der Waals surface area contributed by atoms with E-state index in [9.17, 15) is 19.5 Å². The summed E-state index contributed by atoms with van der Waals surface area (Å²) in [5.41, 5.74) is 3.29.